The molecule has 0 N–H and O–H groups in total. The summed E-state index contributed by atoms with van der Waals surface area (Å²) >= 11 is 0.461. The molecule has 5 heteroatoms. The molecule has 0 bridgehead atoms. The van der Waals surface area contributed by atoms with Gasteiger partial charge in [0.2, 0.25) is 0 Å². The number of nitrogens with zero attached hydrogens (tertiary/aromatic N) is 1. The normalized spacial score (nSPS) is 9.97. The molecule has 4 aromatic carbocycles. The number of rotatable bonds is 5. The van der Waals surface area contributed by atoms with Crippen LogP contribution in [-0.2, 0) is 0 Å². The molecule has 4 rings (SSSR count). The van der Waals surface area contributed by atoms with Crippen molar-refractivity contribution in [3.8, 4) is 0 Å². The Bertz CT molecular complexity index is 1110. The molecule has 31 heavy (non-hydrogen) atoms. The molecule has 0 aliphatic rings. The van der Waals surface area contributed by atoms with Crippen molar-refractivity contribution in [1.29, 1.82) is 0 Å². The standard InChI is InChI=1S/C14H11NO3.C12H10Se/c1-10-6-5-9-12(15(17)18)13(10)14(16)11-7-3-2-4-8-11;1-3-7-11(8-4-1)13-12-9-5-2-6-10-12/h2-9H,1H3;1-10H. The third-order valence-corrected chi connectivity index (χ3v) is 6.56. The molecule has 0 fully saturated rings. The molecule has 0 spiro atoms. The minimum absolute atomic E-state index is 0.149. The molecule has 0 aromatic heterocycles. The van der Waals surface area contributed by atoms with Crippen LogP contribution in [0.15, 0.2) is 109 Å². The third kappa shape index (κ3) is 6.22. The van der Waals surface area contributed by atoms with Crippen LogP contribution >= 0.6 is 0 Å². The maximum atomic E-state index is 12.3. The molecular formula is C26H21NO3Se. The van der Waals surface area contributed by atoms with Crippen LogP contribution in [-0.4, -0.2) is 25.7 Å². The van der Waals surface area contributed by atoms with Gasteiger partial charge in [0.15, 0.2) is 5.78 Å². The molecule has 0 aliphatic carbocycles. The second-order valence-corrected chi connectivity index (χ2v) is 9.06. The number of benzene rings is 4. The zero-order chi connectivity index (χ0) is 22.1. The van der Waals surface area contributed by atoms with Gasteiger partial charge < -0.3 is 0 Å². The molecular weight excluding hydrogens is 453 g/mol. The fourth-order valence-electron chi connectivity index (χ4n) is 2.95. The number of hydrogen-bond acceptors (Lipinski definition) is 3. The maximum absolute atomic E-state index is 12.3. The predicted molar refractivity (Wildman–Crippen MR) is 126 cm³/mol. The first-order chi connectivity index (χ1) is 15.1. The van der Waals surface area contributed by atoms with E-state index in [1.165, 1.54) is 15.0 Å². The average molecular weight is 474 g/mol. The van der Waals surface area contributed by atoms with E-state index in [0.717, 1.165) is 0 Å². The number of aryl methyl sites for hydroxylation is 1. The van der Waals surface area contributed by atoms with Crippen LogP contribution in [0.25, 0.3) is 0 Å². The van der Waals surface area contributed by atoms with E-state index in [0.29, 0.717) is 26.1 Å². The summed E-state index contributed by atoms with van der Waals surface area (Å²) in [4.78, 5) is 22.7. The van der Waals surface area contributed by atoms with Gasteiger partial charge in [0.05, 0.1) is 4.92 Å². The van der Waals surface area contributed by atoms with Crippen LogP contribution in [0.1, 0.15) is 21.5 Å². The fraction of sp³-hybridized carbons (Fsp3) is 0.0385. The van der Waals surface area contributed by atoms with E-state index >= 15 is 0 Å². The Kier molecular flexibility index (Phi) is 7.88. The molecule has 0 unspecified atom stereocenters. The number of carbonyl (C=O) groups is 1. The molecule has 0 heterocycles. The summed E-state index contributed by atoms with van der Waals surface area (Å²) in [6.45, 7) is 1.70. The van der Waals surface area contributed by atoms with Gasteiger partial charge in [0.1, 0.15) is 5.56 Å². The van der Waals surface area contributed by atoms with E-state index in [1.807, 2.05) is 0 Å². The van der Waals surface area contributed by atoms with E-state index in [1.54, 1.807) is 49.4 Å². The van der Waals surface area contributed by atoms with Crippen LogP contribution < -0.4 is 8.92 Å². The Hall–Kier alpha value is -3.53. The van der Waals surface area contributed by atoms with Crippen molar-refractivity contribution in [3.63, 3.8) is 0 Å². The first kappa shape index (κ1) is 22.2. The van der Waals surface area contributed by atoms with Gasteiger partial charge in [-0.25, -0.2) is 0 Å². The number of ketones is 1. The van der Waals surface area contributed by atoms with Gasteiger partial charge in [-0.15, -0.1) is 0 Å². The second-order valence-electron chi connectivity index (χ2n) is 6.65. The summed E-state index contributed by atoms with van der Waals surface area (Å²) in [5.74, 6) is -0.319. The van der Waals surface area contributed by atoms with Gasteiger partial charge in [0, 0.05) is 11.6 Å². The molecule has 0 radical (unpaired) electrons. The van der Waals surface area contributed by atoms with E-state index in [2.05, 4.69) is 60.7 Å². The van der Waals surface area contributed by atoms with Crippen LogP contribution in [0.2, 0.25) is 0 Å². The van der Waals surface area contributed by atoms with Crippen molar-refractivity contribution in [2.75, 3.05) is 0 Å². The monoisotopic (exact) mass is 475 g/mol. The van der Waals surface area contributed by atoms with E-state index in [9.17, 15) is 14.9 Å². The van der Waals surface area contributed by atoms with Crippen LogP contribution in [0, 0.1) is 17.0 Å². The van der Waals surface area contributed by atoms with Crippen molar-refractivity contribution in [1.82, 2.24) is 0 Å². The number of hydrogen-bond donors (Lipinski definition) is 0. The first-order valence-corrected chi connectivity index (χ1v) is 11.4. The Morgan fingerprint density at radius 2 is 1.19 bits per heavy atom. The molecule has 0 amide bonds. The summed E-state index contributed by atoms with van der Waals surface area (Å²) in [6, 6.07) is 34.4. The van der Waals surface area contributed by atoms with Gasteiger partial charge >= 0.3 is 84.5 Å². The fourth-order valence-corrected chi connectivity index (χ4v) is 4.75. The zero-order valence-corrected chi connectivity index (χ0v) is 18.7. The predicted octanol–water partition coefficient (Wildman–Crippen LogP) is 4.48. The van der Waals surface area contributed by atoms with Crippen molar-refractivity contribution in [2.24, 2.45) is 0 Å². The van der Waals surface area contributed by atoms with Crippen LogP contribution in [0.5, 0.6) is 0 Å². The van der Waals surface area contributed by atoms with Gasteiger partial charge in [-0.1, -0.05) is 42.5 Å². The molecule has 0 saturated carbocycles. The molecule has 154 valence electrons. The van der Waals surface area contributed by atoms with Gasteiger partial charge in [0.25, 0.3) is 5.69 Å². The van der Waals surface area contributed by atoms with Gasteiger partial charge in [-0.3, -0.25) is 14.9 Å². The first-order valence-electron chi connectivity index (χ1n) is 9.68. The van der Waals surface area contributed by atoms with Crippen molar-refractivity contribution in [3.05, 3.63) is 136 Å². The second kappa shape index (κ2) is 11.0. The minimum atomic E-state index is -0.525. The van der Waals surface area contributed by atoms with Crippen LogP contribution in [0.3, 0.4) is 0 Å². The average Bonchev–Trinajstić information content (AvgIpc) is 2.81. The van der Waals surface area contributed by atoms with Gasteiger partial charge in [-0.05, 0) is 12.5 Å². The zero-order valence-electron chi connectivity index (χ0n) is 17.0. The summed E-state index contributed by atoms with van der Waals surface area (Å²) in [7, 11) is 0. The number of nitro benzene ring substituents is 1. The topological polar surface area (TPSA) is 60.2 Å². The summed E-state index contributed by atoms with van der Waals surface area (Å²) < 4.78 is 2.86. The molecule has 4 nitrogen and oxygen atoms in total. The van der Waals surface area contributed by atoms with E-state index in [-0.39, 0.29) is 17.0 Å². The molecule has 4 aromatic rings. The van der Waals surface area contributed by atoms with Crippen molar-refractivity contribution in [2.45, 2.75) is 6.92 Å². The summed E-state index contributed by atoms with van der Waals surface area (Å²) in [5, 5.41) is 11.0. The Morgan fingerprint density at radius 3 is 1.68 bits per heavy atom. The molecule has 0 aliphatic heterocycles. The Labute approximate surface area is 187 Å². The Balaban J connectivity index is 0.000000185. The summed E-state index contributed by atoms with van der Waals surface area (Å²) in [5.41, 5.74) is 1.07. The van der Waals surface area contributed by atoms with Crippen molar-refractivity contribution >= 4 is 35.4 Å². The Morgan fingerprint density at radius 1 is 0.710 bits per heavy atom. The number of nitro groups is 1. The molecule has 0 atom stereocenters. The van der Waals surface area contributed by atoms with Crippen LogP contribution in [0.4, 0.5) is 5.69 Å². The van der Waals surface area contributed by atoms with E-state index in [4.69, 9.17) is 0 Å². The van der Waals surface area contributed by atoms with E-state index < -0.39 is 4.92 Å². The van der Waals surface area contributed by atoms with Gasteiger partial charge in [-0.2, -0.15) is 0 Å². The van der Waals surface area contributed by atoms with Crippen molar-refractivity contribution < 1.29 is 9.72 Å². The quantitative estimate of drug-likeness (QED) is 0.186. The third-order valence-electron chi connectivity index (χ3n) is 4.43. The summed E-state index contributed by atoms with van der Waals surface area (Å²) in [6.07, 6.45) is 0. The SMILES string of the molecule is Cc1cccc([N+](=O)[O-])c1C(=O)c1ccccc1.c1ccc([Se]c2ccccc2)cc1. The number of carbonyl (C=O) groups excluding carboxylic acids is 1. The molecule has 0 saturated heterocycles.